The van der Waals surface area contributed by atoms with Crippen LogP contribution in [0.4, 0.5) is 0 Å². The van der Waals surface area contributed by atoms with Crippen LogP contribution < -0.4 is 0 Å². The van der Waals surface area contributed by atoms with Crippen LogP contribution in [-0.2, 0) is 6.54 Å². The molecule has 0 saturated carbocycles. The number of benzene rings is 2. The Hall–Kier alpha value is -2.53. The van der Waals surface area contributed by atoms with Gasteiger partial charge in [0.15, 0.2) is 11.5 Å². The molecule has 1 aliphatic rings. The minimum Gasteiger partial charge on any atom is -0.504 e. The fraction of sp³-hybridized carbons (Fsp3) is 0.278. The molecule has 3 rings (SSSR count). The van der Waals surface area contributed by atoms with E-state index in [-0.39, 0.29) is 17.4 Å². The van der Waals surface area contributed by atoms with Gasteiger partial charge in [0.05, 0.1) is 0 Å². The van der Waals surface area contributed by atoms with E-state index in [4.69, 9.17) is 0 Å². The molecule has 2 N–H and O–H groups in total. The first kappa shape index (κ1) is 15.4. The van der Waals surface area contributed by atoms with Gasteiger partial charge in [-0.15, -0.1) is 0 Å². The van der Waals surface area contributed by atoms with Gasteiger partial charge in [-0.2, -0.15) is 0 Å². The Balaban J connectivity index is 1.58. The maximum Gasteiger partial charge on any atom is 0.254 e. The van der Waals surface area contributed by atoms with E-state index in [0.29, 0.717) is 18.7 Å². The monoisotopic (exact) mass is 312 g/mol. The lowest BCUT2D eigenvalue weighted by atomic mass is 10.1. The molecule has 1 amide bonds. The number of hydrogen-bond acceptors (Lipinski definition) is 4. The van der Waals surface area contributed by atoms with Gasteiger partial charge in [-0.1, -0.05) is 30.3 Å². The molecule has 0 radical (unpaired) electrons. The molecule has 2 aromatic carbocycles. The maximum absolute atomic E-state index is 12.4. The normalized spacial score (nSPS) is 15.6. The highest BCUT2D eigenvalue weighted by Gasteiger charge is 2.22. The summed E-state index contributed by atoms with van der Waals surface area (Å²) in [6.45, 7) is 3.86. The second kappa shape index (κ2) is 6.71. The first-order valence-electron chi connectivity index (χ1n) is 7.71. The first-order chi connectivity index (χ1) is 11.1. The van der Waals surface area contributed by atoms with Gasteiger partial charge in [0.1, 0.15) is 0 Å². The molecule has 0 aromatic heterocycles. The van der Waals surface area contributed by atoms with Crippen molar-refractivity contribution in [2.75, 3.05) is 26.2 Å². The number of aromatic hydroxyl groups is 2. The predicted molar refractivity (Wildman–Crippen MR) is 87.4 cm³/mol. The highest BCUT2D eigenvalue weighted by Crippen LogP contribution is 2.25. The number of nitrogens with zero attached hydrogens (tertiary/aromatic N) is 2. The van der Waals surface area contributed by atoms with Crippen LogP contribution in [0.2, 0.25) is 0 Å². The standard InChI is InChI=1S/C18H20N2O3/c21-16-7-6-15(12-17(16)22)18(23)20-10-8-19(9-11-20)13-14-4-2-1-3-5-14/h1-7,12,21-22H,8-11,13H2. The van der Waals surface area contributed by atoms with Crippen LogP contribution in [0.1, 0.15) is 15.9 Å². The number of carbonyl (C=O) groups excluding carboxylic acids is 1. The summed E-state index contributed by atoms with van der Waals surface area (Å²) < 4.78 is 0. The molecule has 0 bridgehead atoms. The van der Waals surface area contributed by atoms with Crippen molar-refractivity contribution >= 4 is 5.91 Å². The zero-order valence-electron chi connectivity index (χ0n) is 12.9. The van der Waals surface area contributed by atoms with Crippen molar-refractivity contribution in [2.45, 2.75) is 6.54 Å². The quantitative estimate of drug-likeness (QED) is 0.852. The summed E-state index contributed by atoms with van der Waals surface area (Å²) in [5.41, 5.74) is 1.67. The van der Waals surface area contributed by atoms with Gasteiger partial charge in [0.25, 0.3) is 5.91 Å². The lowest BCUT2D eigenvalue weighted by Crippen LogP contribution is -2.48. The van der Waals surface area contributed by atoms with E-state index >= 15 is 0 Å². The van der Waals surface area contributed by atoms with Gasteiger partial charge < -0.3 is 15.1 Å². The van der Waals surface area contributed by atoms with Gasteiger partial charge in [-0.25, -0.2) is 0 Å². The van der Waals surface area contributed by atoms with E-state index in [1.807, 2.05) is 18.2 Å². The summed E-state index contributed by atoms with van der Waals surface area (Å²) >= 11 is 0. The Morgan fingerprint density at radius 1 is 0.913 bits per heavy atom. The second-order valence-corrected chi connectivity index (χ2v) is 5.76. The number of amides is 1. The Labute approximate surface area is 135 Å². The van der Waals surface area contributed by atoms with Crippen molar-refractivity contribution in [2.24, 2.45) is 0 Å². The summed E-state index contributed by atoms with van der Waals surface area (Å²) in [4.78, 5) is 16.6. The zero-order chi connectivity index (χ0) is 16.2. The van der Waals surface area contributed by atoms with Crippen LogP contribution in [-0.4, -0.2) is 52.1 Å². The molecule has 5 nitrogen and oxygen atoms in total. The molecule has 0 aliphatic carbocycles. The van der Waals surface area contributed by atoms with E-state index in [2.05, 4.69) is 17.0 Å². The molecular weight excluding hydrogens is 292 g/mol. The molecule has 0 spiro atoms. The Kier molecular flexibility index (Phi) is 4.48. The lowest BCUT2D eigenvalue weighted by molar-refractivity contribution is 0.0628. The second-order valence-electron chi connectivity index (χ2n) is 5.76. The van der Waals surface area contributed by atoms with Crippen molar-refractivity contribution in [1.29, 1.82) is 0 Å². The van der Waals surface area contributed by atoms with E-state index < -0.39 is 0 Å². The van der Waals surface area contributed by atoms with Crippen molar-refractivity contribution in [3.63, 3.8) is 0 Å². The summed E-state index contributed by atoms with van der Waals surface area (Å²) in [6.07, 6.45) is 0. The maximum atomic E-state index is 12.4. The molecule has 120 valence electrons. The van der Waals surface area contributed by atoms with Crippen molar-refractivity contribution in [3.05, 3.63) is 59.7 Å². The van der Waals surface area contributed by atoms with Crippen LogP contribution in [0.15, 0.2) is 48.5 Å². The summed E-state index contributed by atoms with van der Waals surface area (Å²) in [7, 11) is 0. The largest absolute Gasteiger partial charge is 0.504 e. The molecular formula is C18H20N2O3. The van der Waals surface area contributed by atoms with Gasteiger partial charge >= 0.3 is 0 Å². The average molecular weight is 312 g/mol. The van der Waals surface area contributed by atoms with E-state index in [1.165, 1.54) is 23.8 Å². The van der Waals surface area contributed by atoms with Crippen LogP contribution >= 0.6 is 0 Å². The Morgan fingerprint density at radius 3 is 2.26 bits per heavy atom. The molecule has 1 saturated heterocycles. The third kappa shape index (κ3) is 3.63. The van der Waals surface area contributed by atoms with Gasteiger partial charge in [-0.3, -0.25) is 9.69 Å². The van der Waals surface area contributed by atoms with Gasteiger partial charge in [0, 0.05) is 38.3 Å². The van der Waals surface area contributed by atoms with Crippen LogP contribution in [0.25, 0.3) is 0 Å². The smallest absolute Gasteiger partial charge is 0.254 e. The van der Waals surface area contributed by atoms with Crippen LogP contribution in [0.3, 0.4) is 0 Å². The van der Waals surface area contributed by atoms with Crippen molar-refractivity contribution < 1.29 is 15.0 Å². The SMILES string of the molecule is O=C(c1ccc(O)c(O)c1)N1CCN(Cc2ccccc2)CC1. The highest BCUT2D eigenvalue weighted by molar-refractivity contribution is 5.95. The molecule has 0 unspecified atom stereocenters. The van der Waals surface area contributed by atoms with Crippen LogP contribution in [0, 0.1) is 0 Å². The van der Waals surface area contributed by atoms with Crippen molar-refractivity contribution in [3.8, 4) is 11.5 Å². The summed E-state index contributed by atoms with van der Waals surface area (Å²) in [6, 6.07) is 14.5. The third-order valence-corrected chi connectivity index (χ3v) is 4.13. The fourth-order valence-electron chi connectivity index (χ4n) is 2.79. The number of hydrogen-bond donors (Lipinski definition) is 2. The van der Waals surface area contributed by atoms with E-state index in [0.717, 1.165) is 19.6 Å². The van der Waals surface area contributed by atoms with E-state index in [9.17, 15) is 15.0 Å². The predicted octanol–water partition coefficient (Wildman–Crippen LogP) is 2.06. The summed E-state index contributed by atoms with van der Waals surface area (Å²) in [5.74, 6) is -0.590. The molecule has 1 aliphatic heterocycles. The third-order valence-electron chi connectivity index (χ3n) is 4.13. The Bertz CT molecular complexity index is 680. The minimum atomic E-state index is -0.265. The molecule has 0 atom stereocenters. The molecule has 5 heteroatoms. The Morgan fingerprint density at radius 2 is 1.61 bits per heavy atom. The van der Waals surface area contributed by atoms with Gasteiger partial charge in [-0.05, 0) is 23.8 Å². The summed E-state index contributed by atoms with van der Waals surface area (Å²) in [5, 5.41) is 18.9. The average Bonchev–Trinajstić information content (AvgIpc) is 2.58. The number of piperazine rings is 1. The van der Waals surface area contributed by atoms with Crippen molar-refractivity contribution in [1.82, 2.24) is 9.80 Å². The number of phenols is 2. The minimum absolute atomic E-state index is 0.111. The molecule has 2 aromatic rings. The topological polar surface area (TPSA) is 64.0 Å². The number of rotatable bonds is 3. The fourth-order valence-corrected chi connectivity index (χ4v) is 2.79. The highest BCUT2D eigenvalue weighted by atomic mass is 16.3. The van der Waals surface area contributed by atoms with E-state index in [1.54, 1.807) is 4.90 Å². The van der Waals surface area contributed by atoms with Crippen LogP contribution in [0.5, 0.6) is 11.5 Å². The number of carbonyl (C=O) groups is 1. The zero-order valence-corrected chi connectivity index (χ0v) is 12.9. The first-order valence-corrected chi connectivity index (χ1v) is 7.71. The molecule has 1 fully saturated rings. The molecule has 1 heterocycles. The number of phenolic OH excluding ortho intramolecular Hbond substituents is 2. The molecule has 23 heavy (non-hydrogen) atoms. The van der Waals surface area contributed by atoms with Gasteiger partial charge in [0.2, 0.25) is 0 Å². The lowest BCUT2D eigenvalue weighted by Gasteiger charge is -2.34.